The normalized spacial score (nSPS) is 8.50. The van der Waals surface area contributed by atoms with E-state index < -0.39 is 16.9 Å². The van der Waals surface area contributed by atoms with Crippen molar-refractivity contribution in [3.63, 3.8) is 0 Å². The van der Waals surface area contributed by atoms with Crippen LogP contribution in [0.15, 0.2) is 0 Å². The second-order valence-electron chi connectivity index (χ2n) is 1.06. The molecule has 0 aromatic heterocycles. The summed E-state index contributed by atoms with van der Waals surface area (Å²) in [4.78, 5) is 53.4. The number of rotatable bonds is 0. The summed E-state index contributed by atoms with van der Waals surface area (Å²) < 4.78 is 8.88. The Morgan fingerprint density at radius 3 is 1.00 bits per heavy atom. The third-order valence-electron chi connectivity index (χ3n) is 0. The predicted molar refractivity (Wildman–Crippen MR) is 26.4 cm³/mol. The van der Waals surface area contributed by atoms with Gasteiger partial charge >= 0.3 is 118 Å². The summed E-state index contributed by atoms with van der Waals surface area (Å²) >= 11 is 0. The quantitative estimate of drug-likeness (QED) is 0.213. The molecule has 6 N–H and O–H groups in total. The molecule has 0 rings (SSSR count). The zero-order chi connectivity index (χ0) is 9.00. The summed E-state index contributed by atoms with van der Waals surface area (Å²) in [6.45, 7) is 0. The Labute approximate surface area is 168 Å². The number of hydrogen-bond acceptors (Lipinski definition) is 6. The molecule has 72 valence electrons. The zero-order valence-corrected chi connectivity index (χ0v) is 16.9. The van der Waals surface area contributed by atoms with E-state index >= 15 is 0 Å². The average Bonchev–Trinajstić information content (AvgIpc) is 1.12. The van der Waals surface area contributed by atoms with Gasteiger partial charge in [-0.1, -0.05) is 0 Å². The van der Waals surface area contributed by atoms with Gasteiger partial charge in [0, 0.05) is 0 Å². The molecule has 0 saturated carbocycles. The van der Waals surface area contributed by atoms with Gasteiger partial charge in [-0.3, -0.25) is 0 Å². The van der Waals surface area contributed by atoms with Crippen LogP contribution in [0.1, 0.15) is 0 Å². The van der Waals surface area contributed by atoms with E-state index in [0.717, 1.165) is 0 Å². The molecule has 0 fully saturated rings. The molecule has 9 nitrogen and oxygen atoms in total. The summed E-state index contributed by atoms with van der Waals surface area (Å²) in [7, 11) is -9.75. The van der Waals surface area contributed by atoms with Crippen molar-refractivity contribution in [3.8, 4) is 0 Å². The van der Waals surface area contributed by atoms with Crippen LogP contribution in [0.5, 0.6) is 0 Å². The number of phosphoric acid groups is 1. The minimum atomic E-state index is -5.11. The van der Waals surface area contributed by atoms with Gasteiger partial charge < -0.3 is 39.3 Å². The molecule has 0 atom stereocenters. The summed E-state index contributed by atoms with van der Waals surface area (Å²) in [5.74, 6) is 0. The van der Waals surface area contributed by atoms with Crippen LogP contribution in [0.4, 0.5) is 0 Å². The molecule has 0 spiro atoms. The minimum absolute atomic E-state index is 0. The van der Waals surface area contributed by atoms with Crippen molar-refractivity contribution in [2.45, 2.75) is 0 Å². The Bertz CT molecular complexity index is 115. The Balaban J connectivity index is -0.0000000178. The van der Waals surface area contributed by atoms with Crippen LogP contribution in [0, 0.1) is 0 Å². The molecule has 0 aromatic carbocycles. The molecular weight excluding hydrogens is 288 g/mol. The molecular formula is H6KNa2O9PSi. The van der Waals surface area contributed by atoms with Crippen molar-refractivity contribution >= 4 is 16.9 Å². The Hall–Kier alpha value is 3.76. The van der Waals surface area contributed by atoms with Gasteiger partial charge in [0.15, 0.2) is 0 Å². The van der Waals surface area contributed by atoms with E-state index in [-0.39, 0.29) is 116 Å². The standard InChI is InChI=1S/K.2Na.H3O4P.H2O4Si.H2O/c;;;2*1-5(2,3)4;/h;;;(H3,1,2,3,4);1-2H;1H2/q3*+1;;-2;/p-1. The summed E-state index contributed by atoms with van der Waals surface area (Å²) in [6.07, 6.45) is 0. The first kappa shape index (κ1) is 36.1. The van der Waals surface area contributed by atoms with E-state index in [0.29, 0.717) is 0 Å². The molecule has 0 amide bonds. The molecule has 0 bridgehead atoms. The van der Waals surface area contributed by atoms with Crippen LogP contribution < -0.4 is 120 Å². The van der Waals surface area contributed by atoms with E-state index in [9.17, 15) is 0 Å². The molecule has 0 unspecified atom stereocenters. The maximum atomic E-state index is 8.88. The first-order valence-corrected chi connectivity index (χ1v) is 4.91. The predicted octanol–water partition coefficient (Wildman–Crippen LogP) is -14.0. The van der Waals surface area contributed by atoms with Crippen LogP contribution in [0.3, 0.4) is 0 Å². The second-order valence-corrected chi connectivity index (χ2v) is 3.19. The van der Waals surface area contributed by atoms with Gasteiger partial charge in [-0.2, -0.15) is 0 Å². The van der Waals surface area contributed by atoms with Crippen molar-refractivity contribution in [3.05, 3.63) is 0 Å². The van der Waals surface area contributed by atoms with Crippen LogP contribution in [-0.2, 0) is 4.57 Å². The molecule has 0 heterocycles. The maximum Gasteiger partial charge on any atom is 1.00 e. The molecule has 0 aliphatic heterocycles. The molecule has 0 radical (unpaired) electrons. The Kier molecular flexibility index (Phi) is 43.2. The molecule has 0 saturated heterocycles. The van der Waals surface area contributed by atoms with Crippen molar-refractivity contribution < 1.29 is 154 Å². The molecule has 14 heteroatoms. The Morgan fingerprint density at radius 1 is 1.00 bits per heavy atom. The first-order chi connectivity index (χ1) is 4.00. The van der Waals surface area contributed by atoms with E-state index in [1.807, 2.05) is 0 Å². The summed E-state index contributed by atoms with van der Waals surface area (Å²) in [6, 6.07) is 0. The third kappa shape index (κ3) is 243. The van der Waals surface area contributed by atoms with Crippen molar-refractivity contribution in [2.75, 3.05) is 0 Å². The SMILES string of the molecule is O=P(O)(O)O.[K+].[Na+].[Na+].[O-][Si]([O-])(O)O.[OH-]. The minimum Gasteiger partial charge on any atom is -0.870 e. The van der Waals surface area contributed by atoms with Gasteiger partial charge in [0.2, 0.25) is 0 Å². The van der Waals surface area contributed by atoms with E-state index in [2.05, 4.69) is 0 Å². The number of hydrogen-bond donors (Lipinski definition) is 5. The van der Waals surface area contributed by atoms with Crippen LogP contribution in [0.2, 0.25) is 0 Å². The average molecular weight is 294 g/mol. The van der Waals surface area contributed by atoms with Gasteiger partial charge in [-0.25, -0.2) is 4.57 Å². The monoisotopic (exact) mass is 294 g/mol. The third-order valence-corrected chi connectivity index (χ3v) is 0. The van der Waals surface area contributed by atoms with Crippen molar-refractivity contribution in [1.29, 1.82) is 0 Å². The Morgan fingerprint density at radius 2 is 1.00 bits per heavy atom. The van der Waals surface area contributed by atoms with Crippen LogP contribution in [0.25, 0.3) is 0 Å². The maximum absolute atomic E-state index is 8.88. The smallest absolute Gasteiger partial charge is 0.870 e. The topological polar surface area (TPSA) is 194 Å². The van der Waals surface area contributed by atoms with E-state index in [1.54, 1.807) is 0 Å². The molecule has 14 heavy (non-hydrogen) atoms. The van der Waals surface area contributed by atoms with Gasteiger partial charge in [-0.15, -0.1) is 0 Å². The van der Waals surface area contributed by atoms with Crippen molar-refractivity contribution in [2.24, 2.45) is 0 Å². The van der Waals surface area contributed by atoms with Crippen LogP contribution in [-0.4, -0.2) is 38.8 Å². The molecule has 0 aliphatic rings. The van der Waals surface area contributed by atoms with E-state index in [1.165, 1.54) is 0 Å². The zero-order valence-electron chi connectivity index (χ0n) is 7.86. The molecule has 0 aromatic rings. The molecule has 0 aliphatic carbocycles. The van der Waals surface area contributed by atoms with Crippen LogP contribution >= 0.6 is 7.82 Å². The van der Waals surface area contributed by atoms with E-state index in [4.69, 9.17) is 38.4 Å². The second kappa shape index (κ2) is 16.8. The fourth-order valence-electron chi connectivity index (χ4n) is 0. The van der Waals surface area contributed by atoms with Gasteiger partial charge in [0.1, 0.15) is 9.05 Å². The largest absolute Gasteiger partial charge is 1.00 e. The summed E-state index contributed by atoms with van der Waals surface area (Å²) in [5, 5.41) is 0. The van der Waals surface area contributed by atoms with Gasteiger partial charge in [0.05, 0.1) is 0 Å². The van der Waals surface area contributed by atoms with Gasteiger partial charge in [0.25, 0.3) is 0 Å². The fourth-order valence-corrected chi connectivity index (χ4v) is 0. The first-order valence-electron chi connectivity index (χ1n) is 1.64. The van der Waals surface area contributed by atoms with Gasteiger partial charge in [-0.05, 0) is 0 Å². The fraction of sp³-hybridized carbons (Fsp3) is 0. The summed E-state index contributed by atoms with van der Waals surface area (Å²) in [5.41, 5.74) is 0. The van der Waals surface area contributed by atoms with Crippen molar-refractivity contribution in [1.82, 2.24) is 0 Å².